The van der Waals surface area contributed by atoms with Gasteiger partial charge in [-0.05, 0) is 27.7 Å². The maximum atomic E-state index is 4.44. The number of nitrogens with zero attached hydrogens (tertiary/aromatic N) is 3. The van der Waals surface area contributed by atoms with Gasteiger partial charge in [0.05, 0.1) is 12.2 Å². The minimum atomic E-state index is 0.789. The number of rotatable bonds is 2. The minimum Gasteiger partial charge on any atom is -0.339 e. The fourth-order valence-electron chi connectivity index (χ4n) is 1.59. The molecular weight excluding hydrogens is 188 g/mol. The molecule has 4 nitrogen and oxygen atoms in total. The van der Waals surface area contributed by atoms with Gasteiger partial charge in [0.25, 0.3) is 0 Å². The third-order valence-electron chi connectivity index (χ3n) is 2.35. The average Bonchev–Trinajstić information content (AvgIpc) is 2.64. The molecule has 0 saturated heterocycles. The largest absolute Gasteiger partial charge is 0.339 e. The molecule has 0 unspecified atom stereocenters. The van der Waals surface area contributed by atoms with Crippen LogP contribution in [-0.2, 0) is 6.54 Å². The zero-order valence-corrected chi connectivity index (χ0v) is 9.63. The number of H-pyrrole nitrogens is 1. The summed E-state index contributed by atoms with van der Waals surface area (Å²) < 4.78 is 1.93. The first-order chi connectivity index (χ1) is 7.08. The monoisotopic (exact) mass is 204 g/mol. The van der Waals surface area contributed by atoms with Crippen LogP contribution in [0.1, 0.15) is 25.4 Å². The van der Waals surface area contributed by atoms with Crippen LogP contribution in [0.2, 0.25) is 0 Å². The molecule has 1 N–H and O–H groups in total. The molecule has 0 aliphatic rings. The van der Waals surface area contributed by atoms with Gasteiger partial charge < -0.3 is 4.98 Å². The Morgan fingerprint density at radius 1 is 1.40 bits per heavy atom. The minimum absolute atomic E-state index is 0.789. The Morgan fingerprint density at radius 3 is 2.80 bits per heavy atom. The van der Waals surface area contributed by atoms with Crippen LogP contribution in [-0.4, -0.2) is 19.7 Å². The molecule has 4 heteroatoms. The lowest BCUT2D eigenvalue weighted by Gasteiger charge is -1.96. The van der Waals surface area contributed by atoms with E-state index in [1.165, 1.54) is 5.57 Å². The van der Waals surface area contributed by atoms with Crippen LogP contribution in [0.15, 0.2) is 11.6 Å². The second kappa shape index (κ2) is 3.53. The van der Waals surface area contributed by atoms with E-state index in [1.54, 1.807) is 0 Å². The van der Waals surface area contributed by atoms with Crippen LogP contribution < -0.4 is 0 Å². The number of aryl methyl sites for hydroxylation is 2. The van der Waals surface area contributed by atoms with Crippen molar-refractivity contribution in [2.45, 2.75) is 34.2 Å². The molecule has 0 saturated carbocycles. The fourth-order valence-corrected chi connectivity index (χ4v) is 1.59. The smallest absolute Gasteiger partial charge is 0.176 e. The lowest BCUT2D eigenvalue weighted by Crippen LogP contribution is -1.99. The van der Waals surface area contributed by atoms with E-state index in [0.717, 1.165) is 29.2 Å². The van der Waals surface area contributed by atoms with Gasteiger partial charge in [-0.15, -0.1) is 0 Å². The fraction of sp³-hybridized carbons (Fsp3) is 0.455. The van der Waals surface area contributed by atoms with Crippen LogP contribution in [0.3, 0.4) is 0 Å². The summed E-state index contributed by atoms with van der Waals surface area (Å²) in [6.45, 7) is 8.92. The molecule has 0 aromatic carbocycles. The quantitative estimate of drug-likeness (QED) is 0.763. The highest BCUT2D eigenvalue weighted by molar-refractivity contribution is 5.74. The molecule has 2 rings (SSSR count). The molecule has 2 aromatic heterocycles. The van der Waals surface area contributed by atoms with E-state index in [-0.39, 0.29) is 0 Å². The number of fused-ring (bicyclic) bond motifs is 1. The molecule has 0 spiro atoms. The van der Waals surface area contributed by atoms with Crippen molar-refractivity contribution in [1.82, 2.24) is 19.7 Å². The second-order valence-corrected chi connectivity index (χ2v) is 4.07. The number of hydrogen-bond acceptors (Lipinski definition) is 2. The van der Waals surface area contributed by atoms with E-state index in [4.69, 9.17) is 0 Å². The molecule has 0 bridgehead atoms. The highest BCUT2D eigenvalue weighted by Gasteiger charge is 2.09. The van der Waals surface area contributed by atoms with Crippen LogP contribution in [0.5, 0.6) is 0 Å². The second-order valence-electron chi connectivity index (χ2n) is 4.07. The van der Waals surface area contributed by atoms with E-state index in [0.29, 0.717) is 0 Å². The molecule has 2 heterocycles. The first-order valence-electron chi connectivity index (χ1n) is 5.11. The molecule has 0 radical (unpaired) electrons. The zero-order valence-electron chi connectivity index (χ0n) is 9.63. The summed E-state index contributed by atoms with van der Waals surface area (Å²) >= 11 is 0. The average molecular weight is 204 g/mol. The van der Waals surface area contributed by atoms with Crippen molar-refractivity contribution < 1.29 is 0 Å². The highest BCUT2D eigenvalue weighted by Crippen LogP contribution is 2.15. The summed E-state index contributed by atoms with van der Waals surface area (Å²) in [6, 6.07) is 0. The van der Waals surface area contributed by atoms with Crippen LogP contribution in [0, 0.1) is 13.8 Å². The van der Waals surface area contributed by atoms with Gasteiger partial charge in [-0.3, -0.25) is 0 Å². The van der Waals surface area contributed by atoms with Crippen molar-refractivity contribution in [1.29, 1.82) is 0 Å². The standard InChI is InChI=1S/C11H16N4/c1-7(2)5-6-15-11-10(8(3)14-15)12-9(4)13-11/h5H,6H2,1-4H3,(H,12,13). The van der Waals surface area contributed by atoms with E-state index < -0.39 is 0 Å². The van der Waals surface area contributed by atoms with Crippen LogP contribution >= 0.6 is 0 Å². The third-order valence-corrected chi connectivity index (χ3v) is 2.35. The molecule has 2 aromatic rings. The van der Waals surface area contributed by atoms with Crippen molar-refractivity contribution in [2.75, 3.05) is 0 Å². The lowest BCUT2D eigenvalue weighted by atomic mass is 10.3. The Balaban J connectivity index is 2.46. The molecule has 0 amide bonds. The summed E-state index contributed by atoms with van der Waals surface area (Å²) in [5.41, 5.74) is 4.30. The van der Waals surface area contributed by atoms with Crippen molar-refractivity contribution in [3.8, 4) is 0 Å². The first kappa shape index (κ1) is 9.96. The number of imidazole rings is 1. The Labute approximate surface area is 89.0 Å². The van der Waals surface area contributed by atoms with Gasteiger partial charge in [0, 0.05) is 0 Å². The summed E-state index contributed by atoms with van der Waals surface area (Å²) in [6.07, 6.45) is 2.15. The summed E-state index contributed by atoms with van der Waals surface area (Å²) in [7, 11) is 0. The van der Waals surface area contributed by atoms with Gasteiger partial charge in [0.15, 0.2) is 5.65 Å². The Bertz CT molecular complexity index is 512. The maximum absolute atomic E-state index is 4.44. The van der Waals surface area contributed by atoms with Gasteiger partial charge in [-0.1, -0.05) is 11.6 Å². The summed E-state index contributed by atoms with van der Waals surface area (Å²) in [4.78, 5) is 7.65. The molecule has 15 heavy (non-hydrogen) atoms. The van der Waals surface area contributed by atoms with Crippen LogP contribution in [0.4, 0.5) is 0 Å². The van der Waals surface area contributed by atoms with Crippen LogP contribution in [0.25, 0.3) is 11.2 Å². The van der Waals surface area contributed by atoms with Gasteiger partial charge in [-0.25, -0.2) is 9.67 Å². The van der Waals surface area contributed by atoms with Crippen molar-refractivity contribution in [3.05, 3.63) is 23.2 Å². The SMILES string of the molecule is CC(C)=CCn1nc(C)c2[nH]c(C)nc21. The topological polar surface area (TPSA) is 46.5 Å². The Morgan fingerprint density at radius 2 is 2.13 bits per heavy atom. The highest BCUT2D eigenvalue weighted by atomic mass is 15.3. The first-order valence-corrected chi connectivity index (χ1v) is 5.11. The normalized spacial score (nSPS) is 10.9. The van der Waals surface area contributed by atoms with Gasteiger partial charge in [0.2, 0.25) is 0 Å². The van der Waals surface area contributed by atoms with Gasteiger partial charge >= 0.3 is 0 Å². The number of hydrogen-bond donors (Lipinski definition) is 1. The molecule has 80 valence electrons. The number of allylic oxidation sites excluding steroid dienone is 2. The number of aromatic amines is 1. The third kappa shape index (κ3) is 1.79. The molecule has 0 fully saturated rings. The maximum Gasteiger partial charge on any atom is 0.176 e. The predicted octanol–water partition coefficient (Wildman–Crippen LogP) is 2.34. The van der Waals surface area contributed by atoms with E-state index in [9.17, 15) is 0 Å². The lowest BCUT2D eigenvalue weighted by molar-refractivity contribution is 0.706. The van der Waals surface area contributed by atoms with E-state index in [1.807, 2.05) is 18.5 Å². The van der Waals surface area contributed by atoms with Gasteiger partial charge in [0.1, 0.15) is 11.3 Å². The van der Waals surface area contributed by atoms with E-state index in [2.05, 4.69) is 35.0 Å². The molecular formula is C11H16N4. The number of nitrogens with one attached hydrogen (secondary N) is 1. The summed E-state index contributed by atoms with van der Waals surface area (Å²) in [5.74, 6) is 0.941. The molecule has 0 atom stereocenters. The molecule has 0 aliphatic heterocycles. The van der Waals surface area contributed by atoms with Crippen molar-refractivity contribution >= 4 is 11.2 Å². The van der Waals surface area contributed by atoms with E-state index >= 15 is 0 Å². The zero-order chi connectivity index (χ0) is 11.0. The van der Waals surface area contributed by atoms with Crippen molar-refractivity contribution in [2.24, 2.45) is 0 Å². The van der Waals surface area contributed by atoms with Crippen molar-refractivity contribution in [3.63, 3.8) is 0 Å². The molecule has 0 aliphatic carbocycles. The predicted molar refractivity (Wildman–Crippen MR) is 60.8 cm³/mol. The Hall–Kier alpha value is -1.58. The summed E-state index contributed by atoms with van der Waals surface area (Å²) in [5, 5.41) is 4.44. The Kier molecular flexibility index (Phi) is 2.34. The number of aromatic nitrogens is 4. The van der Waals surface area contributed by atoms with Gasteiger partial charge in [-0.2, -0.15) is 5.10 Å².